The number of anilines is 2. The van der Waals surface area contributed by atoms with Gasteiger partial charge >= 0.3 is 0 Å². The molecule has 1 fully saturated rings. The van der Waals surface area contributed by atoms with Crippen LogP contribution in [0.15, 0.2) is 47.4 Å². The Labute approximate surface area is 181 Å². The minimum atomic E-state index is -0.495. The zero-order valence-corrected chi connectivity index (χ0v) is 17.9. The molecule has 1 aliphatic rings. The van der Waals surface area contributed by atoms with Crippen molar-refractivity contribution >= 4 is 46.6 Å². The molecule has 7 heteroatoms. The normalized spacial score (nSPS) is 13.9. The molecule has 0 atom stereocenters. The zero-order valence-electron chi connectivity index (χ0n) is 16.3. The molecular weight excluding hydrogens is 406 g/mol. The van der Waals surface area contributed by atoms with Gasteiger partial charge in [0.05, 0.1) is 11.4 Å². The van der Waals surface area contributed by atoms with Gasteiger partial charge in [0.25, 0.3) is 0 Å². The number of primary amides is 1. The summed E-state index contributed by atoms with van der Waals surface area (Å²) in [5.74, 6) is 0.293. The van der Waals surface area contributed by atoms with Crippen LogP contribution in [-0.2, 0) is 4.79 Å². The Balaban J connectivity index is 1.58. The molecule has 1 aliphatic heterocycles. The Morgan fingerprint density at radius 2 is 1.79 bits per heavy atom. The van der Waals surface area contributed by atoms with Crippen molar-refractivity contribution in [2.75, 3.05) is 29.1 Å². The Bertz CT molecular complexity index is 852. The van der Waals surface area contributed by atoms with E-state index in [1.54, 1.807) is 23.9 Å². The largest absolute Gasteiger partial charge is 0.370 e. The van der Waals surface area contributed by atoms with Crippen molar-refractivity contribution in [2.45, 2.75) is 37.0 Å². The lowest BCUT2D eigenvalue weighted by molar-refractivity contribution is -0.116. The summed E-state index contributed by atoms with van der Waals surface area (Å²) < 4.78 is 0. The molecule has 2 amide bonds. The number of halogens is 1. The number of nitrogens with zero attached hydrogens (tertiary/aromatic N) is 1. The van der Waals surface area contributed by atoms with Gasteiger partial charge in [-0.05, 0) is 73.9 Å². The van der Waals surface area contributed by atoms with Gasteiger partial charge in [0.2, 0.25) is 11.8 Å². The van der Waals surface area contributed by atoms with Crippen molar-refractivity contribution in [3.63, 3.8) is 0 Å². The second kappa shape index (κ2) is 10.6. The number of hydrogen-bond donors (Lipinski definition) is 2. The summed E-state index contributed by atoms with van der Waals surface area (Å²) in [5.41, 5.74) is 7.45. The predicted molar refractivity (Wildman–Crippen MR) is 121 cm³/mol. The molecule has 0 bridgehead atoms. The molecule has 3 N–H and O–H groups in total. The summed E-state index contributed by atoms with van der Waals surface area (Å²) in [7, 11) is 0. The van der Waals surface area contributed by atoms with Gasteiger partial charge in [-0.15, -0.1) is 11.8 Å². The van der Waals surface area contributed by atoms with Crippen LogP contribution in [0.1, 0.15) is 42.5 Å². The lowest BCUT2D eigenvalue weighted by Gasteiger charge is -2.30. The SMILES string of the molecule is NC(=O)c1ccc(N2CCCCC2)c(NC(=O)CCCSc2ccc(Cl)cc2)c1. The Hall–Kier alpha value is -2.18. The Morgan fingerprint density at radius 1 is 1.07 bits per heavy atom. The van der Waals surface area contributed by atoms with Gasteiger partial charge in [0.1, 0.15) is 0 Å². The molecule has 0 spiro atoms. The zero-order chi connectivity index (χ0) is 20.6. The summed E-state index contributed by atoms with van der Waals surface area (Å²) in [5, 5.41) is 3.71. The number of carbonyl (C=O) groups is 2. The highest BCUT2D eigenvalue weighted by molar-refractivity contribution is 7.99. The minimum absolute atomic E-state index is 0.0541. The van der Waals surface area contributed by atoms with E-state index in [2.05, 4.69) is 10.2 Å². The third-order valence-corrected chi connectivity index (χ3v) is 6.23. The highest BCUT2D eigenvalue weighted by atomic mass is 35.5. The van der Waals surface area contributed by atoms with Gasteiger partial charge in [-0.25, -0.2) is 0 Å². The van der Waals surface area contributed by atoms with Crippen molar-refractivity contribution in [3.05, 3.63) is 53.1 Å². The summed E-state index contributed by atoms with van der Waals surface area (Å²) in [4.78, 5) is 27.5. The van der Waals surface area contributed by atoms with Crippen molar-refractivity contribution in [3.8, 4) is 0 Å². The van der Waals surface area contributed by atoms with E-state index >= 15 is 0 Å². The van der Waals surface area contributed by atoms with Crippen LogP contribution in [0.2, 0.25) is 5.02 Å². The van der Waals surface area contributed by atoms with E-state index in [0.717, 1.165) is 53.7 Å². The summed E-state index contributed by atoms with van der Waals surface area (Å²) in [6.45, 7) is 1.91. The van der Waals surface area contributed by atoms with Crippen molar-refractivity contribution in [2.24, 2.45) is 5.73 Å². The topological polar surface area (TPSA) is 75.4 Å². The quantitative estimate of drug-likeness (QED) is 0.458. The van der Waals surface area contributed by atoms with Gasteiger partial charge in [-0.3, -0.25) is 9.59 Å². The van der Waals surface area contributed by atoms with Crippen LogP contribution in [-0.4, -0.2) is 30.7 Å². The van der Waals surface area contributed by atoms with Crippen LogP contribution in [0.3, 0.4) is 0 Å². The number of amides is 2. The Morgan fingerprint density at radius 3 is 2.48 bits per heavy atom. The summed E-state index contributed by atoms with van der Waals surface area (Å²) >= 11 is 7.60. The molecule has 3 rings (SSSR count). The first-order valence-electron chi connectivity index (χ1n) is 9.90. The number of nitrogens with two attached hydrogens (primary N) is 1. The second-order valence-electron chi connectivity index (χ2n) is 7.10. The van der Waals surface area contributed by atoms with Crippen LogP contribution in [0.4, 0.5) is 11.4 Å². The molecule has 2 aromatic rings. The smallest absolute Gasteiger partial charge is 0.248 e. The van der Waals surface area contributed by atoms with Gasteiger partial charge < -0.3 is 16.0 Å². The third kappa shape index (κ3) is 6.41. The van der Waals surface area contributed by atoms with Crippen LogP contribution in [0.5, 0.6) is 0 Å². The van der Waals surface area contributed by atoms with Crippen molar-refractivity contribution in [1.29, 1.82) is 0 Å². The van der Waals surface area contributed by atoms with Crippen LogP contribution in [0, 0.1) is 0 Å². The molecule has 2 aromatic carbocycles. The number of rotatable bonds is 8. The van der Waals surface area contributed by atoms with E-state index in [1.165, 1.54) is 6.42 Å². The molecular formula is C22H26ClN3O2S. The number of carbonyl (C=O) groups excluding carboxylic acids is 2. The van der Waals surface area contributed by atoms with E-state index in [1.807, 2.05) is 30.3 Å². The maximum absolute atomic E-state index is 12.5. The molecule has 0 saturated carbocycles. The fourth-order valence-electron chi connectivity index (χ4n) is 3.37. The molecule has 154 valence electrons. The van der Waals surface area contributed by atoms with Gasteiger partial charge in [-0.2, -0.15) is 0 Å². The lowest BCUT2D eigenvalue weighted by atomic mass is 10.1. The van der Waals surface area contributed by atoms with Gasteiger partial charge in [-0.1, -0.05) is 11.6 Å². The van der Waals surface area contributed by atoms with Crippen molar-refractivity contribution < 1.29 is 9.59 Å². The standard InChI is InChI=1S/C22H26ClN3O2S/c23-17-7-9-18(10-8-17)29-14-4-5-21(27)25-19-15-16(22(24)28)6-11-20(19)26-12-2-1-3-13-26/h6-11,15H,1-5,12-14H2,(H2,24,28)(H,25,27). The molecule has 0 aromatic heterocycles. The second-order valence-corrected chi connectivity index (χ2v) is 8.70. The van der Waals surface area contributed by atoms with E-state index in [9.17, 15) is 9.59 Å². The van der Waals surface area contributed by atoms with E-state index < -0.39 is 5.91 Å². The first-order chi connectivity index (χ1) is 14.0. The number of hydrogen-bond acceptors (Lipinski definition) is 4. The number of benzene rings is 2. The molecule has 0 unspecified atom stereocenters. The van der Waals surface area contributed by atoms with E-state index in [0.29, 0.717) is 17.7 Å². The maximum Gasteiger partial charge on any atom is 0.248 e. The molecule has 0 radical (unpaired) electrons. The van der Waals surface area contributed by atoms with E-state index in [4.69, 9.17) is 17.3 Å². The molecule has 29 heavy (non-hydrogen) atoms. The maximum atomic E-state index is 12.5. The highest BCUT2D eigenvalue weighted by Crippen LogP contribution is 2.30. The fourth-order valence-corrected chi connectivity index (χ4v) is 4.35. The average molecular weight is 432 g/mol. The van der Waals surface area contributed by atoms with Crippen LogP contribution in [0.25, 0.3) is 0 Å². The first kappa shape index (κ1) is 21.5. The highest BCUT2D eigenvalue weighted by Gasteiger charge is 2.17. The molecule has 1 saturated heterocycles. The molecule has 0 aliphatic carbocycles. The third-order valence-electron chi connectivity index (χ3n) is 4.88. The van der Waals surface area contributed by atoms with Crippen molar-refractivity contribution in [1.82, 2.24) is 0 Å². The molecule has 1 heterocycles. The fraction of sp³-hybridized carbons (Fsp3) is 0.364. The number of thioether (sulfide) groups is 1. The van der Waals surface area contributed by atoms with Crippen LogP contribution < -0.4 is 16.0 Å². The number of piperidine rings is 1. The first-order valence-corrected chi connectivity index (χ1v) is 11.3. The van der Waals surface area contributed by atoms with Gasteiger partial charge in [0, 0.05) is 35.0 Å². The molecule has 5 nitrogen and oxygen atoms in total. The monoisotopic (exact) mass is 431 g/mol. The number of nitrogens with one attached hydrogen (secondary N) is 1. The van der Waals surface area contributed by atoms with E-state index in [-0.39, 0.29) is 5.91 Å². The van der Waals surface area contributed by atoms with Gasteiger partial charge in [0.15, 0.2) is 0 Å². The summed E-state index contributed by atoms with van der Waals surface area (Å²) in [6, 6.07) is 13.0. The Kier molecular flexibility index (Phi) is 7.83. The lowest BCUT2D eigenvalue weighted by Crippen LogP contribution is -2.30. The average Bonchev–Trinajstić information content (AvgIpc) is 2.73. The summed E-state index contributed by atoms with van der Waals surface area (Å²) in [6.07, 6.45) is 4.66. The predicted octanol–water partition coefficient (Wildman–Crippen LogP) is 4.94. The minimum Gasteiger partial charge on any atom is -0.370 e. The van der Waals surface area contributed by atoms with Crippen LogP contribution >= 0.6 is 23.4 Å².